The average molecular weight is 504 g/mol. The molecule has 2 unspecified atom stereocenters. The van der Waals surface area contributed by atoms with Crippen molar-refractivity contribution in [2.75, 3.05) is 13.7 Å². The van der Waals surface area contributed by atoms with Crippen molar-refractivity contribution in [1.29, 1.82) is 0 Å². The molecule has 0 fully saturated rings. The number of methoxy groups -OCH3 is 1. The molecule has 9 nitrogen and oxygen atoms in total. The molecule has 1 aromatic carbocycles. The third-order valence-corrected chi connectivity index (χ3v) is 5.13. The Morgan fingerprint density at radius 1 is 1.11 bits per heavy atom. The van der Waals surface area contributed by atoms with E-state index in [1.165, 1.54) is 12.0 Å². The Labute approximate surface area is 214 Å². The first-order chi connectivity index (χ1) is 16.7. The van der Waals surface area contributed by atoms with Crippen molar-refractivity contribution in [3.63, 3.8) is 0 Å². The van der Waals surface area contributed by atoms with Gasteiger partial charge in [0.25, 0.3) is 0 Å². The van der Waals surface area contributed by atoms with Crippen LogP contribution >= 0.6 is 0 Å². The minimum atomic E-state index is -1.07. The predicted octanol–water partition coefficient (Wildman–Crippen LogP) is 3.84. The lowest BCUT2D eigenvalue weighted by molar-refractivity contribution is -0.146. The number of nitrogens with zero attached hydrogens (tertiary/aromatic N) is 1. The molecule has 0 aliphatic carbocycles. The van der Waals surface area contributed by atoms with Crippen molar-refractivity contribution in [3.8, 4) is 0 Å². The SMILES string of the molecule is C=Cc1cccc(C(C(=O)NCC(=O)OC)N(C(=O)C(CC(C)C)NC(=O)OC(C)(C)C)C(C)C)c1. The Morgan fingerprint density at radius 2 is 1.75 bits per heavy atom. The lowest BCUT2D eigenvalue weighted by atomic mass is 9.97. The van der Waals surface area contributed by atoms with Gasteiger partial charge in [-0.3, -0.25) is 14.4 Å². The maximum atomic E-state index is 14.0. The van der Waals surface area contributed by atoms with E-state index < -0.39 is 47.6 Å². The molecule has 2 atom stereocenters. The van der Waals surface area contributed by atoms with Gasteiger partial charge in [-0.15, -0.1) is 0 Å². The topological polar surface area (TPSA) is 114 Å². The van der Waals surface area contributed by atoms with E-state index in [1.807, 2.05) is 19.9 Å². The molecule has 0 saturated heterocycles. The average Bonchev–Trinajstić information content (AvgIpc) is 2.77. The number of nitrogens with one attached hydrogen (secondary N) is 2. The maximum absolute atomic E-state index is 14.0. The number of benzene rings is 1. The van der Waals surface area contributed by atoms with Gasteiger partial charge in [0.05, 0.1) is 7.11 Å². The first-order valence-electron chi connectivity index (χ1n) is 12.1. The molecule has 0 aromatic heterocycles. The number of ether oxygens (including phenoxy) is 2. The Morgan fingerprint density at radius 3 is 2.25 bits per heavy atom. The van der Waals surface area contributed by atoms with Crippen LogP contribution in [-0.2, 0) is 23.9 Å². The number of hydrogen-bond donors (Lipinski definition) is 2. The van der Waals surface area contributed by atoms with Crippen molar-refractivity contribution >= 4 is 30.0 Å². The highest BCUT2D eigenvalue weighted by Crippen LogP contribution is 2.27. The van der Waals surface area contributed by atoms with Crippen LogP contribution in [0.25, 0.3) is 6.08 Å². The van der Waals surface area contributed by atoms with E-state index in [0.29, 0.717) is 12.0 Å². The number of alkyl carbamates (subject to hydrolysis) is 1. The van der Waals surface area contributed by atoms with Crippen LogP contribution in [0.2, 0.25) is 0 Å². The summed E-state index contributed by atoms with van der Waals surface area (Å²) in [5.74, 6) is -1.54. The van der Waals surface area contributed by atoms with Gasteiger partial charge in [-0.1, -0.05) is 44.7 Å². The summed E-state index contributed by atoms with van der Waals surface area (Å²) in [6.07, 6.45) is 1.26. The fourth-order valence-corrected chi connectivity index (χ4v) is 3.62. The largest absolute Gasteiger partial charge is 0.468 e. The third-order valence-electron chi connectivity index (χ3n) is 5.13. The van der Waals surface area contributed by atoms with Crippen LogP contribution in [0.4, 0.5) is 4.79 Å². The monoisotopic (exact) mass is 503 g/mol. The van der Waals surface area contributed by atoms with Gasteiger partial charge in [-0.05, 0) is 64.2 Å². The number of amides is 3. The molecule has 36 heavy (non-hydrogen) atoms. The summed E-state index contributed by atoms with van der Waals surface area (Å²) < 4.78 is 10.0. The van der Waals surface area contributed by atoms with Gasteiger partial charge < -0.3 is 25.0 Å². The second kappa shape index (κ2) is 13.7. The Hall–Kier alpha value is -3.36. The normalized spacial score (nSPS) is 12.9. The number of hydrogen-bond acceptors (Lipinski definition) is 6. The van der Waals surface area contributed by atoms with Crippen molar-refractivity contribution in [2.24, 2.45) is 5.92 Å². The second-order valence-corrected chi connectivity index (χ2v) is 10.2. The lowest BCUT2D eigenvalue weighted by Gasteiger charge is -2.37. The quantitative estimate of drug-likeness (QED) is 0.444. The smallest absolute Gasteiger partial charge is 0.408 e. The van der Waals surface area contributed by atoms with Crippen LogP contribution in [0, 0.1) is 5.92 Å². The highest BCUT2D eigenvalue weighted by atomic mass is 16.6. The summed E-state index contributed by atoms with van der Waals surface area (Å²) in [6.45, 7) is 16.1. The van der Waals surface area contributed by atoms with E-state index in [2.05, 4.69) is 21.9 Å². The van der Waals surface area contributed by atoms with E-state index in [1.54, 1.807) is 58.9 Å². The van der Waals surface area contributed by atoms with Crippen LogP contribution in [-0.4, -0.2) is 60.1 Å². The summed E-state index contributed by atoms with van der Waals surface area (Å²) in [6, 6.07) is 4.66. The molecule has 0 aliphatic rings. The molecule has 0 saturated carbocycles. The zero-order valence-electron chi connectivity index (χ0n) is 22.7. The summed E-state index contributed by atoms with van der Waals surface area (Å²) in [4.78, 5) is 53.1. The molecule has 3 amide bonds. The van der Waals surface area contributed by atoms with E-state index in [-0.39, 0.29) is 12.5 Å². The Balaban J connectivity index is 3.49. The standard InChI is InChI=1S/C27H41N3O6/c1-10-19-12-11-13-20(15-19)23(24(32)28-16-22(31)35-9)30(18(4)5)25(33)21(14-17(2)3)29-26(34)36-27(6,7)8/h10-13,15,17-18,21,23H,1,14,16H2,2-9H3,(H,28,32)(H,29,34). The van der Waals surface area contributed by atoms with Gasteiger partial charge in [0.1, 0.15) is 24.2 Å². The van der Waals surface area contributed by atoms with Gasteiger partial charge in [0, 0.05) is 6.04 Å². The van der Waals surface area contributed by atoms with Gasteiger partial charge in [-0.2, -0.15) is 0 Å². The number of carbonyl (C=O) groups is 4. The van der Waals surface area contributed by atoms with E-state index >= 15 is 0 Å². The molecule has 0 aliphatic heterocycles. The lowest BCUT2D eigenvalue weighted by Crippen LogP contribution is -2.55. The molecule has 2 N–H and O–H groups in total. The Bertz CT molecular complexity index is 936. The van der Waals surface area contributed by atoms with Crippen molar-refractivity contribution < 1.29 is 28.7 Å². The van der Waals surface area contributed by atoms with Gasteiger partial charge in [-0.25, -0.2) is 4.79 Å². The van der Waals surface area contributed by atoms with E-state index in [0.717, 1.165) is 5.56 Å². The summed E-state index contributed by atoms with van der Waals surface area (Å²) in [5.41, 5.74) is 0.562. The molecule has 1 rings (SSSR count). The zero-order valence-corrected chi connectivity index (χ0v) is 22.7. The maximum Gasteiger partial charge on any atom is 0.408 e. The van der Waals surface area contributed by atoms with Gasteiger partial charge in [0.15, 0.2) is 0 Å². The third kappa shape index (κ3) is 9.71. The molecular weight excluding hydrogens is 462 g/mol. The zero-order chi connectivity index (χ0) is 27.6. The fraction of sp³-hybridized carbons (Fsp3) is 0.556. The minimum absolute atomic E-state index is 0.0681. The van der Waals surface area contributed by atoms with E-state index in [9.17, 15) is 19.2 Å². The second-order valence-electron chi connectivity index (χ2n) is 10.2. The van der Waals surface area contributed by atoms with Crippen molar-refractivity contribution in [1.82, 2.24) is 15.5 Å². The summed E-state index contributed by atoms with van der Waals surface area (Å²) in [5, 5.41) is 5.26. The molecular formula is C27H41N3O6. The van der Waals surface area contributed by atoms with Crippen LogP contribution in [0.1, 0.15) is 72.1 Å². The van der Waals surface area contributed by atoms with Crippen molar-refractivity contribution in [3.05, 3.63) is 42.0 Å². The first-order valence-corrected chi connectivity index (χ1v) is 12.1. The number of rotatable bonds is 11. The minimum Gasteiger partial charge on any atom is -0.468 e. The summed E-state index contributed by atoms with van der Waals surface area (Å²) in [7, 11) is 1.22. The molecule has 1 aromatic rings. The molecule has 0 heterocycles. The predicted molar refractivity (Wildman–Crippen MR) is 139 cm³/mol. The highest BCUT2D eigenvalue weighted by molar-refractivity contribution is 5.93. The molecule has 200 valence electrons. The van der Waals surface area contributed by atoms with Gasteiger partial charge >= 0.3 is 12.1 Å². The molecule has 0 bridgehead atoms. The molecule has 0 radical (unpaired) electrons. The summed E-state index contributed by atoms with van der Waals surface area (Å²) >= 11 is 0. The molecule has 0 spiro atoms. The first kappa shape index (κ1) is 30.7. The number of esters is 1. The van der Waals surface area contributed by atoms with Crippen LogP contribution < -0.4 is 10.6 Å². The molecule has 9 heteroatoms. The van der Waals surface area contributed by atoms with Crippen LogP contribution in [0.3, 0.4) is 0 Å². The van der Waals surface area contributed by atoms with E-state index in [4.69, 9.17) is 4.74 Å². The van der Waals surface area contributed by atoms with Crippen molar-refractivity contribution in [2.45, 2.75) is 78.6 Å². The number of carbonyl (C=O) groups excluding carboxylic acids is 4. The fourth-order valence-electron chi connectivity index (χ4n) is 3.62. The van der Waals surface area contributed by atoms with Crippen LogP contribution in [0.15, 0.2) is 30.8 Å². The van der Waals surface area contributed by atoms with Gasteiger partial charge in [0.2, 0.25) is 11.8 Å². The highest BCUT2D eigenvalue weighted by Gasteiger charge is 2.38. The Kier molecular flexibility index (Phi) is 11.6. The van der Waals surface area contributed by atoms with Crippen LogP contribution in [0.5, 0.6) is 0 Å².